The molecule has 3 rings (SSSR count). The molecular formula is C24H27BrN2O4S. The number of halogens is 1. The van der Waals surface area contributed by atoms with Gasteiger partial charge in [-0.3, -0.25) is 4.79 Å². The lowest BCUT2D eigenvalue weighted by Gasteiger charge is -2.18. The topological polar surface area (TPSA) is 69.2 Å². The number of ether oxygens (including phenoxy) is 3. The van der Waals surface area contributed by atoms with E-state index in [9.17, 15) is 4.79 Å². The maximum absolute atomic E-state index is 12.5. The summed E-state index contributed by atoms with van der Waals surface area (Å²) >= 11 is 4.89. The number of hydrogen-bond acceptors (Lipinski definition) is 6. The van der Waals surface area contributed by atoms with Gasteiger partial charge >= 0.3 is 0 Å². The van der Waals surface area contributed by atoms with Crippen molar-refractivity contribution in [3.8, 4) is 17.2 Å². The molecule has 0 unspecified atom stereocenters. The first-order valence-electron chi connectivity index (χ1n) is 10.6. The molecule has 0 aromatic heterocycles. The van der Waals surface area contributed by atoms with E-state index in [1.54, 1.807) is 0 Å². The standard InChI is InChI=1S/C24H27BrN2O4S/c1-5-15(4)31-22-19(25)12-16(13-20(22)30-7-3)14-21-23(28)27-24(32-21)26-17-8-10-18(11-9-17)29-6-2/h8-15H,5-7H2,1-4H3,(H,26,27,28)/b21-14+/t15-/m0/s1. The van der Waals surface area contributed by atoms with Crippen molar-refractivity contribution in [2.24, 2.45) is 4.99 Å². The maximum Gasteiger partial charge on any atom is 0.264 e. The van der Waals surface area contributed by atoms with Gasteiger partial charge in [0.05, 0.1) is 34.4 Å². The quantitative estimate of drug-likeness (QED) is 0.393. The molecule has 1 amide bonds. The number of hydrogen-bond donors (Lipinski definition) is 1. The van der Waals surface area contributed by atoms with Crippen molar-refractivity contribution in [1.29, 1.82) is 0 Å². The van der Waals surface area contributed by atoms with Crippen LogP contribution in [0.2, 0.25) is 0 Å². The number of thioether (sulfide) groups is 1. The van der Waals surface area contributed by atoms with E-state index in [0.717, 1.165) is 27.9 Å². The first-order valence-corrected chi connectivity index (χ1v) is 12.2. The van der Waals surface area contributed by atoms with Gasteiger partial charge in [0.1, 0.15) is 5.75 Å². The zero-order valence-corrected chi connectivity index (χ0v) is 21.0. The SMILES string of the molecule is CCOc1ccc(N=C2NC(=O)/C(=C\c3cc(Br)c(O[C@@H](C)CC)c(OCC)c3)S2)cc1. The fourth-order valence-electron chi connectivity index (χ4n) is 2.87. The average Bonchev–Trinajstić information content (AvgIpc) is 3.10. The third-order valence-corrected chi connectivity index (χ3v) is 6.05. The van der Waals surface area contributed by atoms with Gasteiger partial charge in [-0.1, -0.05) is 6.92 Å². The monoisotopic (exact) mass is 518 g/mol. The van der Waals surface area contributed by atoms with Gasteiger partial charge in [-0.25, -0.2) is 4.99 Å². The number of carbonyl (C=O) groups is 1. The van der Waals surface area contributed by atoms with Gasteiger partial charge in [0.25, 0.3) is 5.91 Å². The summed E-state index contributed by atoms with van der Waals surface area (Å²) in [6, 6.07) is 11.2. The van der Waals surface area contributed by atoms with Crippen molar-refractivity contribution in [3.63, 3.8) is 0 Å². The lowest BCUT2D eigenvalue weighted by molar-refractivity contribution is -0.115. The number of nitrogens with zero attached hydrogens (tertiary/aromatic N) is 1. The second-order valence-corrected chi connectivity index (χ2v) is 8.89. The smallest absolute Gasteiger partial charge is 0.264 e. The van der Waals surface area contributed by atoms with Crippen LogP contribution in [0.1, 0.15) is 39.7 Å². The number of amidine groups is 1. The van der Waals surface area contributed by atoms with Crippen LogP contribution in [0.15, 0.2) is 50.8 Å². The minimum absolute atomic E-state index is 0.0623. The highest BCUT2D eigenvalue weighted by molar-refractivity contribution is 9.10. The molecule has 0 radical (unpaired) electrons. The Balaban J connectivity index is 1.82. The normalized spacial score (nSPS) is 16.8. The van der Waals surface area contributed by atoms with E-state index >= 15 is 0 Å². The highest BCUT2D eigenvalue weighted by atomic mass is 79.9. The van der Waals surface area contributed by atoms with Crippen LogP contribution in [-0.4, -0.2) is 30.4 Å². The summed E-state index contributed by atoms with van der Waals surface area (Å²) in [5.41, 5.74) is 1.57. The van der Waals surface area contributed by atoms with Crippen LogP contribution in [-0.2, 0) is 4.79 Å². The molecule has 1 heterocycles. The predicted octanol–water partition coefficient (Wildman–Crippen LogP) is 6.32. The molecule has 8 heteroatoms. The zero-order valence-electron chi connectivity index (χ0n) is 18.6. The molecule has 32 heavy (non-hydrogen) atoms. The number of aliphatic imine (C=N–C) groups is 1. The Labute approximate surface area is 201 Å². The fourth-order valence-corrected chi connectivity index (χ4v) is 4.26. The molecule has 170 valence electrons. The molecule has 0 bridgehead atoms. The number of benzene rings is 2. The van der Waals surface area contributed by atoms with E-state index in [1.165, 1.54) is 11.8 Å². The molecule has 1 N–H and O–H groups in total. The number of rotatable bonds is 9. The Hall–Kier alpha value is -2.45. The van der Waals surface area contributed by atoms with Gasteiger partial charge < -0.3 is 19.5 Å². The van der Waals surface area contributed by atoms with Crippen LogP contribution in [0.25, 0.3) is 6.08 Å². The third kappa shape index (κ3) is 6.29. The first kappa shape index (κ1) is 24.2. The Morgan fingerprint density at radius 2 is 1.84 bits per heavy atom. The minimum Gasteiger partial charge on any atom is -0.494 e. The van der Waals surface area contributed by atoms with Crippen molar-refractivity contribution in [1.82, 2.24) is 5.32 Å². The molecule has 1 fully saturated rings. The summed E-state index contributed by atoms with van der Waals surface area (Å²) < 4.78 is 18.1. The highest BCUT2D eigenvalue weighted by Gasteiger charge is 2.24. The Morgan fingerprint density at radius 3 is 2.50 bits per heavy atom. The van der Waals surface area contributed by atoms with Gasteiger partial charge in [0.15, 0.2) is 16.7 Å². The summed E-state index contributed by atoms with van der Waals surface area (Å²) in [7, 11) is 0. The molecule has 1 saturated heterocycles. The summed E-state index contributed by atoms with van der Waals surface area (Å²) in [5, 5.41) is 3.35. The predicted molar refractivity (Wildman–Crippen MR) is 134 cm³/mol. The lowest BCUT2D eigenvalue weighted by Crippen LogP contribution is -2.19. The molecule has 0 saturated carbocycles. The second kappa shape index (κ2) is 11.4. The Bertz CT molecular complexity index is 1020. The maximum atomic E-state index is 12.5. The molecular weight excluding hydrogens is 492 g/mol. The molecule has 1 aliphatic heterocycles. The molecule has 2 aromatic carbocycles. The van der Waals surface area contributed by atoms with Gasteiger partial charge in [0, 0.05) is 0 Å². The molecule has 1 aliphatic rings. The third-order valence-electron chi connectivity index (χ3n) is 4.55. The number of nitrogens with one attached hydrogen (secondary N) is 1. The van der Waals surface area contributed by atoms with E-state index in [1.807, 2.05) is 63.2 Å². The van der Waals surface area contributed by atoms with Crippen LogP contribution in [0.3, 0.4) is 0 Å². The first-order chi connectivity index (χ1) is 15.4. The number of amides is 1. The van der Waals surface area contributed by atoms with Crippen LogP contribution < -0.4 is 19.5 Å². The fraction of sp³-hybridized carbons (Fsp3) is 0.333. The van der Waals surface area contributed by atoms with Gasteiger partial charge in [0.2, 0.25) is 0 Å². The van der Waals surface area contributed by atoms with E-state index in [0.29, 0.717) is 34.8 Å². The lowest BCUT2D eigenvalue weighted by atomic mass is 10.1. The molecule has 6 nitrogen and oxygen atoms in total. The summed E-state index contributed by atoms with van der Waals surface area (Å²) in [5.74, 6) is 1.91. The minimum atomic E-state index is -0.186. The second-order valence-electron chi connectivity index (χ2n) is 7.01. The zero-order chi connectivity index (χ0) is 23.1. The van der Waals surface area contributed by atoms with Gasteiger partial charge in [-0.15, -0.1) is 0 Å². The Morgan fingerprint density at radius 1 is 1.12 bits per heavy atom. The van der Waals surface area contributed by atoms with E-state index in [2.05, 4.69) is 33.2 Å². The van der Waals surface area contributed by atoms with Crippen LogP contribution in [0.4, 0.5) is 5.69 Å². The van der Waals surface area contributed by atoms with Gasteiger partial charge in [-0.2, -0.15) is 0 Å². The summed E-state index contributed by atoms with van der Waals surface area (Å²) in [6.45, 7) is 9.07. The summed E-state index contributed by atoms with van der Waals surface area (Å²) in [6.07, 6.45) is 2.77. The largest absolute Gasteiger partial charge is 0.494 e. The molecule has 2 aromatic rings. The average molecular weight is 519 g/mol. The molecule has 0 aliphatic carbocycles. The molecule has 0 spiro atoms. The Kier molecular flexibility index (Phi) is 8.64. The van der Waals surface area contributed by atoms with Crippen molar-refractivity contribution in [2.75, 3.05) is 13.2 Å². The van der Waals surface area contributed by atoms with E-state index < -0.39 is 0 Å². The van der Waals surface area contributed by atoms with Crippen molar-refractivity contribution in [3.05, 3.63) is 51.3 Å². The number of carbonyl (C=O) groups excluding carboxylic acids is 1. The van der Waals surface area contributed by atoms with E-state index in [4.69, 9.17) is 14.2 Å². The van der Waals surface area contributed by atoms with Crippen molar-refractivity contribution in [2.45, 2.75) is 40.2 Å². The van der Waals surface area contributed by atoms with Crippen LogP contribution >= 0.6 is 27.7 Å². The molecule has 1 atom stereocenters. The van der Waals surface area contributed by atoms with E-state index in [-0.39, 0.29) is 12.0 Å². The van der Waals surface area contributed by atoms with Crippen LogP contribution in [0.5, 0.6) is 17.2 Å². The van der Waals surface area contributed by atoms with Gasteiger partial charge in [-0.05, 0) is 103 Å². The highest BCUT2D eigenvalue weighted by Crippen LogP contribution is 2.39. The summed E-state index contributed by atoms with van der Waals surface area (Å²) in [4.78, 5) is 17.6. The van der Waals surface area contributed by atoms with Crippen molar-refractivity contribution < 1.29 is 19.0 Å². The van der Waals surface area contributed by atoms with Crippen LogP contribution in [0, 0.1) is 0 Å². The van der Waals surface area contributed by atoms with Crippen molar-refractivity contribution >= 4 is 50.5 Å².